The molecular formula is C5H6N2. The minimum atomic E-state index is -0.294. The van der Waals surface area contributed by atoms with E-state index in [1.807, 2.05) is 6.07 Å². The highest BCUT2D eigenvalue weighted by Crippen LogP contribution is 1.79. The van der Waals surface area contributed by atoms with Gasteiger partial charge in [-0.1, -0.05) is 0 Å². The maximum absolute atomic E-state index is 8.05. The van der Waals surface area contributed by atoms with E-state index in [-0.39, 0.29) is 6.04 Å². The van der Waals surface area contributed by atoms with E-state index in [0.29, 0.717) is 0 Å². The van der Waals surface area contributed by atoms with Crippen molar-refractivity contribution in [3.63, 3.8) is 0 Å². The summed E-state index contributed by atoms with van der Waals surface area (Å²) in [6, 6.07) is 1.60. The standard InChI is InChI=1S/C5H6N2/c1-3-7-5(2)4-6/h5H,1H2,2H3. The fourth-order valence-electron chi connectivity index (χ4n) is 0.166. The van der Waals surface area contributed by atoms with Crippen LogP contribution in [0.3, 0.4) is 0 Å². The number of aliphatic imine (C=N–C) groups is 1. The molecule has 2 heteroatoms. The van der Waals surface area contributed by atoms with Crippen molar-refractivity contribution < 1.29 is 0 Å². The highest BCUT2D eigenvalue weighted by atomic mass is 14.7. The zero-order valence-corrected chi connectivity index (χ0v) is 4.18. The first-order valence-electron chi connectivity index (χ1n) is 1.92. The first-order valence-corrected chi connectivity index (χ1v) is 1.92. The molecule has 0 N–H and O–H groups in total. The third kappa shape index (κ3) is 2.75. The quantitative estimate of drug-likeness (QED) is 0.442. The molecule has 0 saturated carbocycles. The van der Waals surface area contributed by atoms with Gasteiger partial charge < -0.3 is 0 Å². The molecule has 0 bridgehead atoms. The topological polar surface area (TPSA) is 36.1 Å². The van der Waals surface area contributed by atoms with E-state index in [0.717, 1.165) is 0 Å². The van der Waals surface area contributed by atoms with Crippen LogP contribution in [0.2, 0.25) is 0 Å². The average Bonchev–Trinajstić information content (AvgIpc) is 1.68. The van der Waals surface area contributed by atoms with Crippen LogP contribution in [0.15, 0.2) is 11.6 Å². The second-order valence-corrected chi connectivity index (χ2v) is 1.09. The SMILES string of the molecule is C=C=NC(C)C#N. The lowest BCUT2D eigenvalue weighted by atomic mass is 10.4. The summed E-state index contributed by atoms with van der Waals surface area (Å²) in [6.07, 6.45) is 0. The molecule has 0 aromatic carbocycles. The molecule has 1 unspecified atom stereocenters. The Hall–Kier alpha value is -1.06. The van der Waals surface area contributed by atoms with Gasteiger partial charge in [-0.15, -0.1) is 0 Å². The maximum Gasteiger partial charge on any atom is 0.143 e. The Labute approximate surface area is 42.8 Å². The Morgan fingerprint density at radius 2 is 2.43 bits per heavy atom. The monoisotopic (exact) mass is 94.1 g/mol. The van der Waals surface area contributed by atoms with Crippen LogP contribution in [0.4, 0.5) is 0 Å². The molecule has 36 valence electrons. The molecular weight excluding hydrogens is 88.1 g/mol. The van der Waals surface area contributed by atoms with Crippen LogP contribution < -0.4 is 0 Å². The average molecular weight is 94.1 g/mol. The van der Waals surface area contributed by atoms with Gasteiger partial charge in [-0.2, -0.15) is 5.26 Å². The first-order chi connectivity index (χ1) is 3.31. The largest absolute Gasteiger partial charge is 0.225 e. The second-order valence-electron chi connectivity index (χ2n) is 1.09. The van der Waals surface area contributed by atoms with Crippen LogP contribution in [0.25, 0.3) is 0 Å². The van der Waals surface area contributed by atoms with Crippen molar-refractivity contribution in [1.29, 1.82) is 5.26 Å². The summed E-state index contributed by atoms with van der Waals surface area (Å²) in [7, 11) is 0. The Balaban J connectivity index is 3.64. The molecule has 0 aromatic rings. The fourth-order valence-corrected chi connectivity index (χ4v) is 0.166. The molecule has 0 fully saturated rings. The zero-order valence-electron chi connectivity index (χ0n) is 4.18. The number of nitrogens with zero attached hydrogens (tertiary/aromatic N) is 2. The van der Waals surface area contributed by atoms with E-state index in [4.69, 9.17) is 5.26 Å². The smallest absolute Gasteiger partial charge is 0.143 e. The van der Waals surface area contributed by atoms with Gasteiger partial charge in [0.05, 0.1) is 6.07 Å². The Bertz CT molecular complexity index is 126. The zero-order chi connectivity index (χ0) is 5.70. The van der Waals surface area contributed by atoms with Crippen LogP contribution in [0.5, 0.6) is 0 Å². The summed E-state index contributed by atoms with van der Waals surface area (Å²) in [5.41, 5.74) is 0. The van der Waals surface area contributed by atoms with Crippen LogP contribution in [-0.2, 0) is 0 Å². The van der Waals surface area contributed by atoms with E-state index < -0.39 is 0 Å². The molecule has 0 radical (unpaired) electrons. The molecule has 7 heavy (non-hydrogen) atoms. The van der Waals surface area contributed by atoms with Gasteiger partial charge in [-0.05, 0) is 19.4 Å². The van der Waals surface area contributed by atoms with Crippen LogP contribution >= 0.6 is 0 Å². The van der Waals surface area contributed by atoms with Gasteiger partial charge >= 0.3 is 0 Å². The lowest BCUT2D eigenvalue weighted by molar-refractivity contribution is 0.949. The van der Waals surface area contributed by atoms with Crippen molar-refractivity contribution in [2.75, 3.05) is 0 Å². The predicted molar refractivity (Wildman–Crippen MR) is 28.1 cm³/mol. The van der Waals surface area contributed by atoms with Gasteiger partial charge in [0.1, 0.15) is 6.04 Å². The first kappa shape index (κ1) is 5.94. The van der Waals surface area contributed by atoms with E-state index >= 15 is 0 Å². The Morgan fingerprint density at radius 3 is 2.57 bits per heavy atom. The molecule has 0 saturated heterocycles. The summed E-state index contributed by atoms with van der Waals surface area (Å²) < 4.78 is 0. The molecule has 0 rings (SSSR count). The van der Waals surface area contributed by atoms with E-state index in [2.05, 4.69) is 17.4 Å². The molecule has 0 heterocycles. The van der Waals surface area contributed by atoms with Crippen molar-refractivity contribution in [2.45, 2.75) is 13.0 Å². The van der Waals surface area contributed by atoms with Gasteiger partial charge in [-0.3, -0.25) is 0 Å². The maximum atomic E-state index is 8.05. The van der Waals surface area contributed by atoms with E-state index in [1.165, 1.54) is 0 Å². The number of hydrogen-bond acceptors (Lipinski definition) is 2. The minimum Gasteiger partial charge on any atom is -0.225 e. The van der Waals surface area contributed by atoms with Crippen LogP contribution in [0, 0.1) is 11.3 Å². The molecule has 0 aliphatic rings. The van der Waals surface area contributed by atoms with Crippen LogP contribution in [-0.4, -0.2) is 11.9 Å². The highest BCUT2D eigenvalue weighted by molar-refractivity contribution is 5.47. The van der Waals surface area contributed by atoms with Gasteiger partial charge in [-0.25, -0.2) is 4.99 Å². The molecule has 1 atom stereocenters. The minimum absolute atomic E-state index is 0.294. The lowest BCUT2D eigenvalue weighted by Gasteiger charge is -1.81. The summed E-state index contributed by atoms with van der Waals surface area (Å²) in [5, 5.41) is 8.05. The Morgan fingerprint density at radius 1 is 1.86 bits per heavy atom. The Kier molecular flexibility index (Phi) is 2.67. The molecule has 0 amide bonds. The third-order valence-electron chi connectivity index (χ3n) is 0.472. The van der Waals surface area contributed by atoms with Crippen molar-refractivity contribution >= 4 is 5.87 Å². The van der Waals surface area contributed by atoms with Gasteiger partial charge in [0.25, 0.3) is 0 Å². The molecule has 2 nitrogen and oxygen atoms in total. The molecule has 0 aromatic heterocycles. The van der Waals surface area contributed by atoms with Crippen molar-refractivity contribution in [3.8, 4) is 6.07 Å². The van der Waals surface area contributed by atoms with Crippen LogP contribution in [0.1, 0.15) is 6.92 Å². The van der Waals surface area contributed by atoms with Crippen molar-refractivity contribution in [2.24, 2.45) is 4.99 Å². The molecule has 0 spiro atoms. The van der Waals surface area contributed by atoms with Crippen molar-refractivity contribution in [3.05, 3.63) is 6.58 Å². The lowest BCUT2D eigenvalue weighted by Crippen LogP contribution is -1.88. The van der Waals surface area contributed by atoms with E-state index in [9.17, 15) is 0 Å². The summed E-state index contributed by atoms with van der Waals surface area (Å²) in [4.78, 5) is 3.52. The highest BCUT2D eigenvalue weighted by Gasteiger charge is 1.86. The normalized spacial score (nSPS) is 10.9. The summed E-state index contributed by atoms with van der Waals surface area (Å²) in [6.45, 7) is 4.88. The third-order valence-corrected chi connectivity index (χ3v) is 0.472. The van der Waals surface area contributed by atoms with Crippen molar-refractivity contribution in [1.82, 2.24) is 0 Å². The van der Waals surface area contributed by atoms with Gasteiger partial charge in [0.15, 0.2) is 0 Å². The van der Waals surface area contributed by atoms with E-state index in [1.54, 1.807) is 6.92 Å². The summed E-state index contributed by atoms with van der Waals surface area (Å²) >= 11 is 0. The second kappa shape index (κ2) is 3.14. The number of rotatable bonds is 1. The van der Waals surface area contributed by atoms with Gasteiger partial charge in [0.2, 0.25) is 0 Å². The number of nitriles is 1. The summed E-state index contributed by atoms with van der Waals surface area (Å²) in [5.74, 6) is 2.27. The molecule has 0 aliphatic heterocycles. The molecule has 0 aliphatic carbocycles. The van der Waals surface area contributed by atoms with Gasteiger partial charge in [0, 0.05) is 0 Å². The fraction of sp³-hybridized carbons (Fsp3) is 0.400. The predicted octanol–water partition coefficient (Wildman–Crippen LogP) is 0.754. The number of hydrogen-bond donors (Lipinski definition) is 0.